The first kappa shape index (κ1) is 18.8. The van der Waals surface area contributed by atoms with E-state index in [9.17, 15) is 9.59 Å². The maximum Gasteiger partial charge on any atom is 0.273 e. The van der Waals surface area contributed by atoms with Gasteiger partial charge in [-0.25, -0.2) is 4.98 Å². The molecular weight excluding hydrogens is 386 g/mol. The van der Waals surface area contributed by atoms with Crippen LogP contribution in [0, 0.1) is 6.92 Å². The zero-order chi connectivity index (χ0) is 20.4. The second-order valence-corrected chi connectivity index (χ2v) is 7.51. The third-order valence-electron chi connectivity index (χ3n) is 4.58. The van der Waals surface area contributed by atoms with E-state index in [2.05, 4.69) is 25.8 Å². The number of fused-ring (bicyclic) bond motifs is 1. The molecule has 7 nitrogen and oxygen atoms in total. The molecule has 1 atom stereocenters. The van der Waals surface area contributed by atoms with Crippen molar-refractivity contribution in [3.63, 3.8) is 0 Å². The van der Waals surface area contributed by atoms with Gasteiger partial charge in [0.05, 0.1) is 11.2 Å². The SMILES string of the molecule is Cc1ccccc1-c1csc(NC(=O)C(C)NC(=O)c2n[nH]c3ccccc23)n1. The van der Waals surface area contributed by atoms with Crippen molar-refractivity contribution in [2.24, 2.45) is 0 Å². The Balaban J connectivity index is 1.42. The van der Waals surface area contributed by atoms with Gasteiger partial charge >= 0.3 is 0 Å². The van der Waals surface area contributed by atoms with E-state index in [4.69, 9.17) is 0 Å². The molecule has 0 saturated carbocycles. The number of para-hydroxylation sites is 1. The summed E-state index contributed by atoms with van der Waals surface area (Å²) in [5.74, 6) is -0.756. The number of amides is 2. The molecule has 29 heavy (non-hydrogen) atoms. The molecule has 0 aliphatic rings. The van der Waals surface area contributed by atoms with Crippen molar-refractivity contribution in [2.45, 2.75) is 19.9 Å². The van der Waals surface area contributed by atoms with Crippen molar-refractivity contribution >= 4 is 39.2 Å². The third kappa shape index (κ3) is 3.88. The highest BCUT2D eigenvalue weighted by atomic mass is 32.1. The highest BCUT2D eigenvalue weighted by molar-refractivity contribution is 7.14. The van der Waals surface area contributed by atoms with Gasteiger partial charge in [-0.05, 0) is 25.5 Å². The topological polar surface area (TPSA) is 99.8 Å². The number of carbonyl (C=O) groups excluding carboxylic acids is 2. The zero-order valence-corrected chi connectivity index (χ0v) is 16.7. The van der Waals surface area contributed by atoms with Crippen molar-refractivity contribution in [3.05, 3.63) is 65.2 Å². The molecule has 0 fully saturated rings. The van der Waals surface area contributed by atoms with E-state index >= 15 is 0 Å². The second kappa shape index (κ2) is 7.84. The normalized spacial score (nSPS) is 11.9. The van der Waals surface area contributed by atoms with Crippen LogP contribution in [0.5, 0.6) is 0 Å². The van der Waals surface area contributed by atoms with Crippen LogP contribution >= 0.6 is 11.3 Å². The average Bonchev–Trinajstić information content (AvgIpc) is 3.35. The highest BCUT2D eigenvalue weighted by Crippen LogP contribution is 2.27. The molecule has 2 amide bonds. The van der Waals surface area contributed by atoms with Crippen molar-refractivity contribution in [1.29, 1.82) is 0 Å². The number of carbonyl (C=O) groups is 2. The number of aromatic amines is 1. The standard InChI is InChI=1S/C21H19N5O2S/c1-12-7-3-4-8-14(12)17-11-29-21(23-17)24-19(27)13(2)22-20(28)18-15-9-5-6-10-16(15)25-26-18/h3-11,13H,1-2H3,(H,22,28)(H,25,26)(H,23,24,27). The molecule has 0 bridgehead atoms. The van der Waals surface area contributed by atoms with Crippen LogP contribution in [0.25, 0.3) is 22.2 Å². The lowest BCUT2D eigenvalue weighted by molar-refractivity contribution is -0.117. The lowest BCUT2D eigenvalue weighted by atomic mass is 10.1. The van der Waals surface area contributed by atoms with Crippen LogP contribution in [0.2, 0.25) is 0 Å². The van der Waals surface area contributed by atoms with Gasteiger partial charge in [0.2, 0.25) is 5.91 Å². The van der Waals surface area contributed by atoms with Crippen molar-refractivity contribution in [3.8, 4) is 11.3 Å². The van der Waals surface area contributed by atoms with Crippen molar-refractivity contribution < 1.29 is 9.59 Å². The van der Waals surface area contributed by atoms with Gasteiger partial charge in [-0.1, -0.05) is 42.5 Å². The summed E-state index contributed by atoms with van der Waals surface area (Å²) in [6.07, 6.45) is 0. The van der Waals surface area contributed by atoms with Crippen LogP contribution in [0.15, 0.2) is 53.9 Å². The van der Waals surface area contributed by atoms with E-state index in [0.29, 0.717) is 10.5 Å². The van der Waals surface area contributed by atoms with Crippen molar-refractivity contribution in [2.75, 3.05) is 5.32 Å². The van der Waals surface area contributed by atoms with Gasteiger partial charge in [0.15, 0.2) is 10.8 Å². The number of aromatic nitrogens is 3. The Morgan fingerprint density at radius 1 is 1.10 bits per heavy atom. The van der Waals surface area contributed by atoms with E-state index in [1.807, 2.05) is 54.8 Å². The lowest BCUT2D eigenvalue weighted by Gasteiger charge is -2.12. The summed E-state index contributed by atoms with van der Waals surface area (Å²) in [6.45, 7) is 3.64. The number of anilines is 1. The van der Waals surface area contributed by atoms with Crippen molar-refractivity contribution in [1.82, 2.24) is 20.5 Å². The van der Waals surface area contributed by atoms with Gasteiger partial charge in [-0.3, -0.25) is 14.7 Å². The molecule has 2 aromatic carbocycles. The van der Waals surface area contributed by atoms with Crippen LogP contribution in [-0.2, 0) is 4.79 Å². The van der Waals surface area contributed by atoms with Crippen LogP contribution in [0.1, 0.15) is 23.0 Å². The minimum atomic E-state index is -0.747. The molecule has 2 heterocycles. The van der Waals surface area contributed by atoms with Gasteiger partial charge in [-0.2, -0.15) is 5.10 Å². The predicted octanol–water partition coefficient (Wildman–Crippen LogP) is 3.75. The largest absolute Gasteiger partial charge is 0.339 e. The molecule has 4 aromatic rings. The Kier molecular flexibility index (Phi) is 5.09. The van der Waals surface area contributed by atoms with Gasteiger partial charge in [0.1, 0.15) is 6.04 Å². The number of rotatable bonds is 5. The maximum absolute atomic E-state index is 12.5. The Morgan fingerprint density at radius 2 is 1.86 bits per heavy atom. The van der Waals surface area contributed by atoms with E-state index in [-0.39, 0.29) is 11.6 Å². The molecule has 3 N–H and O–H groups in total. The fraction of sp³-hybridized carbons (Fsp3) is 0.143. The number of hydrogen-bond acceptors (Lipinski definition) is 5. The van der Waals surface area contributed by atoms with Crippen LogP contribution in [0.3, 0.4) is 0 Å². The summed E-state index contributed by atoms with van der Waals surface area (Å²) in [4.78, 5) is 29.5. The second-order valence-electron chi connectivity index (χ2n) is 6.66. The van der Waals surface area contributed by atoms with E-state index < -0.39 is 11.9 Å². The summed E-state index contributed by atoms with van der Waals surface area (Å²) in [7, 11) is 0. The highest BCUT2D eigenvalue weighted by Gasteiger charge is 2.21. The minimum absolute atomic E-state index is 0.260. The molecular formula is C21H19N5O2S. The van der Waals surface area contributed by atoms with Crippen LogP contribution in [-0.4, -0.2) is 33.0 Å². The quantitative estimate of drug-likeness (QED) is 0.471. The molecule has 4 rings (SSSR count). The van der Waals surface area contributed by atoms with E-state index in [1.165, 1.54) is 11.3 Å². The third-order valence-corrected chi connectivity index (χ3v) is 5.34. The Bertz CT molecular complexity index is 1200. The van der Waals surface area contributed by atoms with Gasteiger partial charge < -0.3 is 10.6 Å². The zero-order valence-electron chi connectivity index (χ0n) is 15.9. The van der Waals surface area contributed by atoms with Crippen LogP contribution in [0.4, 0.5) is 5.13 Å². The smallest absolute Gasteiger partial charge is 0.273 e. The molecule has 0 saturated heterocycles. The minimum Gasteiger partial charge on any atom is -0.339 e. The number of hydrogen-bond donors (Lipinski definition) is 3. The number of thiazole rings is 1. The number of H-pyrrole nitrogens is 1. The van der Waals surface area contributed by atoms with E-state index in [1.54, 1.807) is 13.0 Å². The molecule has 8 heteroatoms. The average molecular weight is 405 g/mol. The first-order chi connectivity index (χ1) is 14.0. The molecule has 1 unspecified atom stereocenters. The van der Waals surface area contributed by atoms with Gasteiger partial charge in [0, 0.05) is 16.3 Å². The molecule has 0 radical (unpaired) electrons. The Labute approximate surface area is 171 Å². The molecule has 146 valence electrons. The first-order valence-electron chi connectivity index (χ1n) is 9.09. The Hall–Kier alpha value is -3.52. The van der Waals surface area contributed by atoms with Gasteiger partial charge in [0.25, 0.3) is 5.91 Å². The first-order valence-corrected chi connectivity index (χ1v) is 9.97. The number of benzene rings is 2. The maximum atomic E-state index is 12.5. The Morgan fingerprint density at radius 3 is 2.69 bits per heavy atom. The summed E-state index contributed by atoms with van der Waals surface area (Å²) in [5.41, 5.74) is 3.97. The summed E-state index contributed by atoms with van der Waals surface area (Å²) < 4.78 is 0. The summed E-state index contributed by atoms with van der Waals surface area (Å²) in [5, 5.41) is 15.4. The number of nitrogens with zero attached hydrogens (tertiary/aromatic N) is 2. The number of nitrogens with one attached hydrogen (secondary N) is 3. The molecule has 0 aliphatic heterocycles. The number of aryl methyl sites for hydroxylation is 1. The van der Waals surface area contributed by atoms with Crippen LogP contribution < -0.4 is 10.6 Å². The van der Waals surface area contributed by atoms with Gasteiger partial charge in [-0.15, -0.1) is 11.3 Å². The fourth-order valence-corrected chi connectivity index (χ4v) is 3.71. The monoisotopic (exact) mass is 405 g/mol. The van der Waals surface area contributed by atoms with E-state index in [0.717, 1.165) is 22.3 Å². The fourth-order valence-electron chi connectivity index (χ4n) is 3.00. The lowest BCUT2D eigenvalue weighted by Crippen LogP contribution is -2.41. The summed E-state index contributed by atoms with van der Waals surface area (Å²) >= 11 is 1.34. The molecule has 0 aliphatic carbocycles. The predicted molar refractivity (Wildman–Crippen MR) is 114 cm³/mol. The molecule has 0 spiro atoms. The molecule has 2 aromatic heterocycles. The summed E-state index contributed by atoms with van der Waals surface area (Å²) in [6, 6.07) is 14.5.